The molecule has 1 aliphatic rings. The van der Waals surface area contributed by atoms with Crippen LogP contribution in [0, 0.1) is 0 Å². The molecule has 1 amide bonds. The largest absolute Gasteiger partial charge is 0.492 e. The van der Waals surface area contributed by atoms with Crippen LogP contribution in [0.25, 0.3) is 22.1 Å². The Hall–Kier alpha value is -3.70. The van der Waals surface area contributed by atoms with Crippen LogP contribution in [-0.4, -0.2) is 47.9 Å². The van der Waals surface area contributed by atoms with Crippen molar-refractivity contribution in [1.82, 2.24) is 13.9 Å². The lowest BCUT2D eigenvalue weighted by Gasteiger charge is -2.19. The predicted octanol–water partition coefficient (Wildman–Crippen LogP) is 2.96. The molecule has 2 aromatic heterocycles. The van der Waals surface area contributed by atoms with Gasteiger partial charge in [-0.1, -0.05) is 12.1 Å². The summed E-state index contributed by atoms with van der Waals surface area (Å²) in [7, 11) is -3.77. The van der Waals surface area contributed by atoms with Crippen LogP contribution in [-0.2, 0) is 21.4 Å². The van der Waals surface area contributed by atoms with Crippen LogP contribution < -0.4 is 15.6 Å². The molecule has 0 atom stereocenters. The maximum Gasteiger partial charge on any atom is 0.297 e. The standard InChI is InChI=1S/C24H24N4O6S/c1-2-33-19-10-9-16(13-20(19)35(31,32)28-11-5-6-12-28)26-21(29)14-27-15-25-22-17-7-3-4-8-18(17)34-23(22)24(27)30/h3-4,7-10,13,15H,2,5-6,11-12,14H2,1H3,(H,26,29). The van der Waals surface area contributed by atoms with Gasteiger partial charge in [-0.15, -0.1) is 0 Å². The first-order valence-electron chi connectivity index (χ1n) is 11.3. The minimum absolute atomic E-state index is 0.00146. The molecule has 0 saturated carbocycles. The molecule has 1 fully saturated rings. The summed E-state index contributed by atoms with van der Waals surface area (Å²) in [4.78, 5) is 29.9. The van der Waals surface area contributed by atoms with Crippen molar-refractivity contribution in [3.05, 3.63) is 59.1 Å². The number of carbonyl (C=O) groups is 1. The molecule has 1 aliphatic heterocycles. The minimum Gasteiger partial charge on any atom is -0.492 e. The van der Waals surface area contributed by atoms with E-state index in [0.717, 1.165) is 22.8 Å². The molecule has 10 nitrogen and oxygen atoms in total. The summed E-state index contributed by atoms with van der Waals surface area (Å²) in [5.74, 6) is -0.286. The molecule has 1 N–H and O–H groups in total. The number of hydrogen-bond acceptors (Lipinski definition) is 7. The summed E-state index contributed by atoms with van der Waals surface area (Å²) < 4.78 is 40.1. The Balaban J connectivity index is 1.41. The Labute approximate surface area is 201 Å². The van der Waals surface area contributed by atoms with E-state index in [0.29, 0.717) is 30.8 Å². The van der Waals surface area contributed by atoms with Crippen LogP contribution in [0.2, 0.25) is 0 Å². The molecule has 1 saturated heterocycles. The van der Waals surface area contributed by atoms with Crippen LogP contribution in [0.1, 0.15) is 19.8 Å². The molecular formula is C24H24N4O6S. The zero-order valence-corrected chi connectivity index (χ0v) is 19.9. The topological polar surface area (TPSA) is 124 Å². The van der Waals surface area contributed by atoms with Crippen molar-refractivity contribution in [2.24, 2.45) is 0 Å². The highest BCUT2D eigenvalue weighted by atomic mass is 32.2. The Morgan fingerprint density at radius 2 is 1.94 bits per heavy atom. The lowest BCUT2D eigenvalue weighted by molar-refractivity contribution is -0.116. The molecule has 0 aliphatic carbocycles. The molecule has 11 heteroatoms. The number of amides is 1. The third kappa shape index (κ3) is 4.28. The van der Waals surface area contributed by atoms with E-state index in [9.17, 15) is 18.0 Å². The van der Waals surface area contributed by atoms with Crippen LogP contribution in [0.15, 0.2) is 62.9 Å². The number of fused-ring (bicyclic) bond motifs is 3. The number of ether oxygens (including phenoxy) is 1. The number of nitrogens with zero attached hydrogens (tertiary/aromatic N) is 3. The van der Waals surface area contributed by atoms with Gasteiger partial charge in [-0.25, -0.2) is 13.4 Å². The van der Waals surface area contributed by atoms with E-state index in [-0.39, 0.29) is 28.5 Å². The quantitative estimate of drug-likeness (QED) is 0.417. The third-order valence-corrected chi connectivity index (χ3v) is 7.79. The van der Waals surface area contributed by atoms with Crippen molar-refractivity contribution in [3.63, 3.8) is 0 Å². The molecule has 2 aromatic carbocycles. The minimum atomic E-state index is -3.77. The normalized spacial score (nSPS) is 14.5. The fourth-order valence-electron chi connectivity index (χ4n) is 4.21. The molecule has 5 rings (SSSR count). The van der Waals surface area contributed by atoms with Crippen molar-refractivity contribution in [2.75, 3.05) is 25.0 Å². The first-order valence-corrected chi connectivity index (χ1v) is 12.8. The Bertz CT molecular complexity index is 1580. The summed E-state index contributed by atoms with van der Waals surface area (Å²) >= 11 is 0. The summed E-state index contributed by atoms with van der Waals surface area (Å²) in [6, 6.07) is 11.7. The van der Waals surface area contributed by atoms with Gasteiger partial charge in [-0.2, -0.15) is 4.31 Å². The second-order valence-corrected chi connectivity index (χ2v) is 10.1. The Morgan fingerprint density at radius 1 is 1.17 bits per heavy atom. The van der Waals surface area contributed by atoms with Crippen molar-refractivity contribution >= 4 is 43.7 Å². The van der Waals surface area contributed by atoms with Gasteiger partial charge in [-0.3, -0.25) is 14.2 Å². The lowest BCUT2D eigenvalue weighted by atomic mass is 10.2. The number of anilines is 1. The van der Waals surface area contributed by atoms with Gasteiger partial charge in [0.2, 0.25) is 21.5 Å². The molecule has 35 heavy (non-hydrogen) atoms. The predicted molar refractivity (Wildman–Crippen MR) is 130 cm³/mol. The van der Waals surface area contributed by atoms with E-state index in [4.69, 9.17) is 9.15 Å². The van der Waals surface area contributed by atoms with Crippen molar-refractivity contribution in [1.29, 1.82) is 0 Å². The highest BCUT2D eigenvalue weighted by molar-refractivity contribution is 7.89. The monoisotopic (exact) mass is 496 g/mol. The van der Waals surface area contributed by atoms with Crippen molar-refractivity contribution in [2.45, 2.75) is 31.2 Å². The second kappa shape index (κ2) is 9.16. The van der Waals surface area contributed by atoms with Gasteiger partial charge in [0, 0.05) is 24.2 Å². The first-order chi connectivity index (χ1) is 16.9. The fourth-order valence-corrected chi connectivity index (χ4v) is 5.89. The molecule has 182 valence electrons. The molecular weight excluding hydrogens is 472 g/mol. The number of benzene rings is 2. The van der Waals surface area contributed by atoms with E-state index in [2.05, 4.69) is 10.3 Å². The van der Waals surface area contributed by atoms with Gasteiger partial charge in [0.15, 0.2) is 0 Å². The molecule has 0 bridgehead atoms. The average molecular weight is 497 g/mol. The van der Waals surface area contributed by atoms with Gasteiger partial charge < -0.3 is 14.5 Å². The summed E-state index contributed by atoms with van der Waals surface area (Å²) in [6.07, 6.45) is 2.91. The number of furan rings is 1. The van der Waals surface area contributed by atoms with Crippen LogP contribution in [0.5, 0.6) is 5.75 Å². The van der Waals surface area contributed by atoms with E-state index in [1.807, 2.05) is 12.1 Å². The fraction of sp³-hybridized carbons (Fsp3) is 0.292. The Kier molecular flexibility index (Phi) is 6.03. The van der Waals surface area contributed by atoms with Crippen LogP contribution >= 0.6 is 0 Å². The van der Waals surface area contributed by atoms with E-state index in [1.54, 1.807) is 25.1 Å². The highest BCUT2D eigenvalue weighted by Crippen LogP contribution is 2.31. The van der Waals surface area contributed by atoms with E-state index >= 15 is 0 Å². The number of nitrogens with one attached hydrogen (secondary N) is 1. The SMILES string of the molecule is CCOc1ccc(NC(=O)Cn2cnc3c(oc4ccccc43)c2=O)cc1S(=O)(=O)N1CCCC1. The van der Waals surface area contributed by atoms with E-state index in [1.165, 1.54) is 22.8 Å². The zero-order valence-electron chi connectivity index (χ0n) is 19.1. The zero-order chi connectivity index (χ0) is 24.6. The van der Waals surface area contributed by atoms with Crippen molar-refractivity contribution in [3.8, 4) is 5.75 Å². The number of carbonyl (C=O) groups excluding carboxylic acids is 1. The van der Waals surface area contributed by atoms with Crippen LogP contribution in [0.4, 0.5) is 5.69 Å². The third-order valence-electron chi connectivity index (χ3n) is 5.87. The molecule has 0 radical (unpaired) electrons. The van der Waals surface area contributed by atoms with E-state index < -0.39 is 21.5 Å². The number of rotatable bonds is 7. The second-order valence-electron chi connectivity index (χ2n) is 8.21. The lowest BCUT2D eigenvalue weighted by Crippen LogP contribution is -2.29. The molecule has 0 unspecified atom stereocenters. The summed E-state index contributed by atoms with van der Waals surface area (Å²) in [5.41, 5.74) is 0.843. The average Bonchev–Trinajstić information content (AvgIpc) is 3.51. The number of para-hydroxylation sites is 1. The number of hydrogen-bond donors (Lipinski definition) is 1. The Morgan fingerprint density at radius 3 is 2.71 bits per heavy atom. The summed E-state index contributed by atoms with van der Waals surface area (Å²) in [5, 5.41) is 3.39. The van der Waals surface area contributed by atoms with Gasteiger partial charge in [0.1, 0.15) is 28.3 Å². The smallest absolute Gasteiger partial charge is 0.297 e. The van der Waals surface area contributed by atoms with Crippen LogP contribution in [0.3, 0.4) is 0 Å². The highest BCUT2D eigenvalue weighted by Gasteiger charge is 2.30. The first kappa shape index (κ1) is 23.1. The molecule has 0 spiro atoms. The maximum atomic E-state index is 13.2. The van der Waals surface area contributed by atoms with Crippen molar-refractivity contribution < 1.29 is 22.4 Å². The van der Waals surface area contributed by atoms with Gasteiger partial charge in [0.25, 0.3) is 5.56 Å². The number of aromatic nitrogens is 2. The molecule has 3 heterocycles. The number of sulfonamides is 1. The van der Waals surface area contributed by atoms with Gasteiger partial charge in [-0.05, 0) is 50.1 Å². The maximum absolute atomic E-state index is 13.2. The summed E-state index contributed by atoms with van der Waals surface area (Å²) in [6.45, 7) is 2.65. The molecule has 4 aromatic rings. The van der Waals surface area contributed by atoms with Gasteiger partial charge >= 0.3 is 0 Å². The van der Waals surface area contributed by atoms with Gasteiger partial charge in [0.05, 0.1) is 12.9 Å².